The smallest absolute Gasteiger partial charge is 0.263 e. The van der Waals surface area contributed by atoms with E-state index < -0.39 is 0 Å². The summed E-state index contributed by atoms with van der Waals surface area (Å²) in [5.74, 6) is -0.123. The molecule has 0 radical (unpaired) electrons. The van der Waals surface area contributed by atoms with Gasteiger partial charge < -0.3 is 15.1 Å². The number of nitrogens with zero attached hydrogens (tertiary/aromatic N) is 1. The molecular formula is C13H10N4O2. The summed E-state index contributed by atoms with van der Waals surface area (Å²) < 4.78 is 5.20. The molecule has 94 valence electrons. The number of benzene rings is 1. The van der Waals surface area contributed by atoms with Crippen LogP contribution in [-0.4, -0.2) is 21.6 Å². The molecule has 0 atom stereocenters. The lowest BCUT2D eigenvalue weighted by Crippen LogP contribution is -2.09. The molecular weight excluding hydrogens is 244 g/mol. The van der Waals surface area contributed by atoms with Gasteiger partial charge in [-0.1, -0.05) is 12.1 Å². The van der Waals surface area contributed by atoms with E-state index in [4.69, 9.17) is 15.6 Å². The van der Waals surface area contributed by atoms with E-state index >= 15 is 0 Å². The average Bonchev–Trinajstić information content (AvgIpc) is 3.04. The van der Waals surface area contributed by atoms with E-state index in [1.807, 2.05) is 24.3 Å². The standard InChI is InChI=1S/C13H10N4O2/c14-12(15)10-6-5-9(19-10)11(18)13-16-7-3-1-2-4-8(7)17-13/h1-6H,(H3,14,15)(H,16,17). The molecule has 6 nitrogen and oxygen atoms in total. The molecule has 0 saturated heterocycles. The number of nitrogens with two attached hydrogens (primary N) is 1. The Morgan fingerprint density at radius 1 is 1.21 bits per heavy atom. The van der Waals surface area contributed by atoms with E-state index in [1.54, 1.807) is 0 Å². The highest BCUT2D eigenvalue weighted by Crippen LogP contribution is 2.15. The zero-order valence-electron chi connectivity index (χ0n) is 9.81. The zero-order valence-corrected chi connectivity index (χ0v) is 9.81. The molecule has 0 bridgehead atoms. The highest BCUT2D eigenvalue weighted by molar-refractivity contribution is 6.06. The molecule has 0 unspecified atom stereocenters. The van der Waals surface area contributed by atoms with E-state index in [0.717, 1.165) is 5.52 Å². The van der Waals surface area contributed by atoms with Crippen molar-refractivity contribution in [1.29, 1.82) is 5.41 Å². The molecule has 2 heterocycles. The van der Waals surface area contributed by atoms with E-state index in [9.17, 15) is 4.79 Å². The highest BCUT2D eigenvalue weighted by atomic mass is 16.3. The summed E-state index contributed by atoms with van der Waals surface area (Å²) >= 11 is 0. The van der Waals surface area contributed by atoms with Crippen LogP contribution in [0.15, 0.2) is 40.8 Å². The van der Waals surface area contributed by atoms with Crippen molar-refractivity contribution in [2.45, 2.75) is 0 Å². The number of imidazole rings is 1. The summed E-state index contributed by atoms with van der Waals surface area (Å²) in [7, 11) is 0. The monoisotopic (exact) mass is 254 g/mol. The highest BCUT2D eigenvalue weighted by Gasteiger charge is 2.18. The number of H-pyrrole nitrogens is 1. The number of fused-ring (bicyclic) bond motifs is 1. The Bertz CT molecular complexity index is 752. The maximum atomic E-state index is 12.2. The third kappa shape index (κ3) is 1.89. The minimum Gasteiger partial charge on any atom is -0.449 e. The first-order valence-corrected chi connectivity index (χ1v) is 5.59. The molecule has 3 rings (SSSR count). The zero-order chi connectivity index (χ0) is 13.4. The van der Waals surface area contributed by atoms with Crippen molar-refractivity contribution in [3.8, 4) is 0 Å². The van der Waals surface area contributed by atoms with Crippen LogP contribution in [0.3, 0.4) is 0 Å². The van der Waals surface area contributed by atoms with Gasteiger partial charge in [-0.05, 0) is 24.3 Å². The lowest BCUT2D eigenvalue weighted by molar-refractivity contribution is 0.100. The van der Waals surface area contributed by atoms with Gasteiger partial charge in [-0.2, -0.15) is 0 Å². The van der Waals surface area contributed by atoms with Crippen LogP contribution in [0.2, 0.25) is 0 Å². The molecule has 19 heavy (non-hydrogen) atoms. The second-order valence-electron chi connectivity index (χ2n) is 4.01. The van der Waals surface area contributed by atoms with Gasteiger partial charge in [0.2, 0.25) is 0 Å². The number of aromatic nitrogens is 2. The molecule has 3 aromatic rings. The van der Waals surface area contributed by atoms with Crippen molar-refractivity contribution in [2.75, 3.05) is 0 Å². The first kappa shape index (κ1) is 11.2. The number of amidine groups is 1. The Labute approximate surface area is 107 Å². The van der Waals surface area contributed by atoms with Crippen LogP contribution >= 0.6 is 0 Å². The van der Waals surface area contributed by atoms with Crippen LogP contribution in [0.4, 0.5) is 0 Å². The lowest BCUT2D eigenvalue weighted by Gasteiger charge is -1.92. The molecule has 0 aliphatic rings. The normalized spacial score (nSPS) is 10.7. The summed E-state index contributed by atoms with van der Waals surface area (Å²) in [6.45, 7) is 0. The van der Waals surface area contributed by atoms with Crippen LogP contribution in [-0.2, 0) is 0 Å². The van der Waals surface area contributed by atoms with Crippen LogP contribution < -0.4 is 5.73 Å². The topological polar surface area (TPSA) is 109 Å². The predicted octanol–water partition coefficient (Wildman–Crippen LogP) is 1.67. The molecule has 0 spiro atoms. The largest absolute Gasteiger partial charge is 0.449 e. The molecule has 2 aromatic heterocycles. The lowest BCUT2D eigenvalue weighted by atomic mass is 10.3. The molecule has 0 aliphatic carbocycles. The Morgan fingerprint density at radius 3 is 2.63 bits per heavy atom. The Hall–Kier alpha value is -2.89. The third-order valence-electron chi connectivity index (χ3n) is 2.70. The number of carbonyl (C=O) groups excluding carboxylic acids is 1. The van der Waals surface area contributed by atoms with Crippen molar-refractivity contribution in [3.63, 3.8) is 0 Å². The van der Waals surface area contributed by atoms with Gasteiger partial charge in [0.1, 0.15) is 0 Å². The second kappa shape index (κ2) is 4.09. The molecule has 1 aromatic carbocycles. The summed E-state index contributed by atoms with van der Waals surface area (Å²) in [6, 6.07) is 10.3. The van der Waals surface area contributed by atoms with Gasteiger partial charge in [-0.15, -0.1) is 0 Å². The van der Waals surface area contributed by atoms with Gasteiger partial charge in [0.05, 0.1) is 11.0 Å². The van der Waals surface area contributed by atoms with Gasteiger partial charge in [0, 0.05) is 0 Å². The Balaban J connectivity index is 2.00. The molecule has 4 N–H and O–H groups in total. The van der Waals surface area contributed by atoms with Crippen LogP contribution in [0.1, 0.15) is 22.1 Å². The number of nitrogen functional groups attached to an aromatic ring is 1. The molecule has 0 saturated carbocycles. The van der Waals surface area contributed by atoms with Crippen LogP contribution in [0.5, 0.6) is 0 Å². The summed E-state index contributed by atoms with van der Waals surface area (Å²) in [6.07, 6.45) is 0. The van der Waals surface area contributed by atoms with Gasteiger partial charge in [-0.25, -0.2) is 4.98 Å². The number of rotatable bonds is 3. The fraction of sp³-hybridized carbons (Fsp3) is 0. The maximum absolute atomic E-state index is 12.2. The molecule has 6 heteroatoms. The fourth-order valence-electron chi connectivity index (χ4n) is 1.78. The van der Waals surface area contributed by atoms with E-state index in [2.05, 4.69) is 9.97 Å². The number of hydrogen-bond acceptors (Lipinski definition) is 4. The Morgan fingerprint density at radius 2 is 1.95 bits per heavy atom. The number of para-hydroxylation sites is 2. The van der Waals surface area contributed by atoms with Crippen LogP contribution in [0.25, 0.3) is 11.0 Å². The maximum Gasteiger partial charge on any atom is 0.263 e. The number of aromatic amines is 1. The fourth-order valence-corrected chi connectivity index (χ4v) is 1.78. The minimum atomic E-state index is -0.372. The minimum absolute atomic E-state index is 0.101. The van der Waals surface area contributed by atoms with Crippen molar-refractivity contribution < 1.29 is 9.21 Å². The quantitative estimate of drug-likeness (QED) is 0.375. The van der Waals surface area contributed by atoms with Gasteiger partial charge in [0.15, 0.2) is 23.2 Å². The van der Waals surface area contributed by atoms with Gasteiger partial charge in [0.25, 0.3) is 5.78 Å². The summed E-state index contributed by atoms with van der Waals surface area (Å²) in [5.41, 5.74) is 6.78. The number of furan rings is 1. The summed E-state index contributed by atoms with van der Waals surface area (Å²) in [5, 5.41) is 7.23. The number of hydrogen-bond donors (Lipinski definition) is 3. The molecule has 0 fully saturated rings. The second-order valence-corrected chi connectivity index (χ2v) is 4.01. The van der Waals surface area contributed by atoms with E-state index in [1.165, 1.54) is 12.1 Å². The van der Waals surface area contributed by atoms with Gasteiger partial charge in [-0.3, -0.25) is 10.2 Å². The van der Waals surface area contributed by atoms with Crippen molar-refractivity contribution in [2.24, 2.45) is 5.73 Å². The predicted molar refractivity (Wildman–Crippen MR) is 69.3 cm³/mol. The Kier molecular flexibility index (Phi) is 2.42. The first-order chi connectivity index (χ1) is 9.15. The van der Waals surface area contributed by atoms with Gasteiger partial charge >= 0.3 is 0 Å². The molecule has 0 aliphatic heterocycles. The SMILES string of the molecule is N=C(N)c1ccc(C(=O)c2nc3ccccc3[nH]2)o1. The van der Waals surface area contributed by atoms with Crippen molar-refractivity contribution >= 4 is 22.7 Å². The van der Waals surface area contributed by atoms with Crippen LogP contribution in [0, 0.1) is 5.41 Å². The average molecular weight is 254 g/mol. The van der Waals surface area contributed by atoms with Crippen molar-refractivity contribution in [3.05, 3.63) is 53.7 Å². The third-order valence-corrected chi connectivity index (χ3v) is 2.70. The number of nitrogens with one attached hydrogen (secondary N) is 2. The number of carbonyl (C=O) groups is 1. The van der Waals surface area contributed by atoms with E-state index in [0.29, 0.717) is 5.52 Å². The molecule has 0 amide bonds. The van der Waals surface area contributed by atoms with E-state index in [-0.39, 0.29) is 29.0 Å². The first-order valence-electron chi connectivity index (χ1n) is 5.59. The summed E-state index contributed by atoms with van der Waals surface area (Å²) in [4.78, 5) is 19.3. The number of ketones is 1. The van der Waals surface area contributed by atoms with Crippen molar-refractivity contribution in [1.82, 2.24) is 9.97 Å².